The van der Waals surface area contributed by atoms with Crippen LogP contribution in [0.4, 0.5) is 0 Å². The van der Waals surface area contributed by atoms with Gasteiger partial charge in [0, 0.05) is 12.1 Å². The lowest BCUT2D eigenvalue weighted by Crippen LogP contribution is -2.43. The highest BCUT2D eigenvalue weighted by atomic mass is 14.9. The summed E-state index contributed by atoms with van der Waals surface area (Å²) in [6, 6.07) is 1.46. The van der Waals surface area contributed by atoms with Gasteiger partial charge in [-0.25, -0.2) is 0 Å². The van der Waals surface area contributed by atoms with Crippen LogP contribution in [-0.2, 0) is 0 Å². The van der Waals surface area contributed by atoms with Gasteiger partial charge in [0.25, 0.3) is 0 Å². The predicted molar refractivity (Wildman–Crippen MR) is 77.3 cm³/mol. The number of hydrogen-bond acceptors (Lipinski definition) is 1. The maximum absolute atomic E-state index is 3.86. The molecule has 0 aliphatic heterocycles. The number of rotatable bonds is 6. The fourth-order valence-corrected chi connectivity index (χ4v) is 3.66. The van der Waals surface area contributed by atoms with Crippen molar-refractivity contribution in [3.05, 3.63) is 0 Å². The number of nitrogens with one attached hydrogen (secondary N) is 1. The SMILES string of the molecule is CCCCCC(C)NC1CC(C)CC(C)(C)C1. The van der Waals surface area contributed by atoms with Crippen LogP contribution in [0.3, 0.4) is 0 Å². The maximum Gasteiger partial charge on any atom is 0.00771 e. The van der Waals surface area contributed by atoms with E-state index in [1.807, 2.05) is 0 Å². The van der Waals surface area contributed by atoms with E-state index in [1.54, 1.807) is 0 Å². The van der Waals surface area contributed by atoms with Crippen LogP contribution in [0.2, 0.25) is 0 Å². The standard InChI is InChI=1S/C16H33N/c1-6-7-8-9-14(3)17-15-10-13(2)11-16(4,5)12-15/h13-15,17H,6-12H2,1-5H3. The van der Waals surface area contributed by atoms with Crippen molar-refractivity contribution in [1.82, 2.24) is 5.32 Å². The molecule has 1 saturated carbocycles. The minimum absolute atomic E-state index is 0.540. The van der Waals surface area contributed by atoms with Gasteiger partial charge in [-0.1, -0.05) is 47.0 Å². The second-order valence-electron chi connectivity index (χ2n) is 7.17. The molecule has 1 N–H and O–H groups in total. The van der Waals surface area contributed by atoms with Crippen molar-refractivity contribution in [3.8, 4) is 0 Å². The van der Waals surface area contributed by atoms with E-state index >= 15 is 0 Å². The molecule has 1 aliphatic rings. The lowest BCUT2D eigenvalue weighted by molar-refractivity contribution is 0.144. The number of hydrogen-bond donors (Lipinski definition) is 1. The lowest BCUT2D eigenvalue weighted by atomic mass is 9.70. The van der Waals surface area contributed by atoms with E-state index in [4.69, 9.17) is 0 Å². The molecule has 1 rings (SSSR count). The number of unbranched alkanes of at least 4 members (excludes halogenated alkanes) is 2. The fraction of sp³-hybridized carbons (Fsp3) is 1.00. The summed E-state index contributed by atoms with van der Waals surface area (Å²) in [5, 5.41) is 3.86. The third-order valence-corrected chi connectivity index (χ3v) is 4.15. The van der Waals surface area contributed by atoms with Crippen molar-refractivity contribution >= 4 is 0 Å². The summed E-state index contributed by atoms with van der Waals surface area (Å²) in [6.45, 7) is 11.9. The molecular weight excluding hydrogens is 206 g/mol. The van der Waals surface area contributed by atoms with E-state index in [0.29, 0.717) is 11.5 Å². The highest BCUT2D eigenvalue weighted by Gasteiger charge is 2.32. The zero-order valence-corrected chi connectivity index (χ0v) is 12.7. The van der Waals surface area contributed by atoms with Crippen LogP contribution in [0.25, 0.3) is 0 Å². The van der Waals surface area contributed by atoms with E-state index in [0.717, 1.165) is 12.0 Å². The monoisotopic (exact) mass is 239 g/mol. The summed E-state index contributed by atoms with van der Waals surface area (Å²) in [5.41, 5.74) is 0.540. The molecular formula is C16H33N. The van der Waals surface area contributed by atoms with Gasteiger partial charge in [0.05, 0.1) is 0 Å². The summed E-state index contributed by atoms with van der Waals surface area (Å²) >= 11 is 0. The van der Waals surface area contributed by atoms with Crippen molar-refractivity contribution in [3.63, 3.8) is 0 Å². The van der Waals surface area contributed by atoms with Crippen molar-refractivity contribution in [2.24, 2.45) is 11.3 Å². The van der Waals surface area contributed by atoms with Crippen molar-refractivity contribution < 1.29 is 0 Å². The molecule has 1 nitrogen and oxygen atoms in total. The van der Waals surface area contributed by atoms with E-state index in [1.165, 1.54) is 44.9 Å². The Morgan fingerprint density at radius 3 is 2.53 bits per heavy atom. The fourth-order valence-electron chi connectivity index (χ4n) is 3.66. The maximum atomic E-state index is 3.86. The van der Waals surface area contributed by atoms with E-state index in [-0.39, 0.29) is 0 Å². The van der Waals surface area contributed by atoms with Crippen molar-refractivity contribution in [2.45, 2.75) is 91.6 Å². The highest BCUT2D eigenvalue weighted by Crippen LogP contribution is 2.38. The Morgan fingerprint density at radius 1 is 1.24 bits per heavy atom. The summed E-state index contributed by atoms with van der Waals surface area (Å²) in [4.78, 5) is 0. The molecule has 0 amide bonds. The van der Waals surface area contributed by atoms with Crippen LogP contribution >= 0.6 is 0 Å². The molecule has 3 unspecified atom stereocenters. The summed E-state index contributed by atoms with van der Waals surface area (Å²) in [6.07, 6.45) is 9.58. The zero-order valence-electron chi connectivity index (χ0n) is 12.7. The predicted octanol–water partition coefficient (Wildman–Crippen LogP) is 4.76. The van der Waals surface area contributed by atoms with Crippen LogP contribution in [0.5, 0.6) is 0 Å². The second kappa shape index (κ2) is 6.78. The van der Waals surface area contributed by atoms with Gasteiger partial charge in [-0.2, -0.15) is 0 Å². The highest BCUT2D eigenvalue weighted by molar-refractivity contribution is 4.87. The lowest BCUT2D eigenvalue weighted by Gasteiger charge is -2.40. The minimum atomic E-state index is 0.540. The van der Waals surface area contributed by atoms with Gasteiger partial charge in [-0.3, -0.25) is 0 Å². The van der Waals surface area contributed by atoms with E-state index < -0.39 is 0 Å². The van der Waals surface area contributed by atoms with Crippen molar-refractivity contribution in [1.29, 1.82) is 0 Å². The Kier molecular flexibility index (Phi) is 5.99. The van der Waals surface area contributed by atoms with Gasteiger partial charge in [0.2, 0.25) is 0 Å². The van der Waals surface area contributed by atoms with Gasteiger partial charge < -0.3 is 5.32 Å². The average molecular weight is 239 g/mol. The summed E-state index contributed by atoms with van der Waals surface area (Å²) in [5.74, 6) is 0.888. The second-order valence-corrected chi connectivity index (χ2v) is 7.17. The average Bonchev–Trinajstić information content (AvgIpc) is 2.14. The Morgan fingerprint density at radius 2 is 1.94 bits per heavy atom. The smallest absolute Gasteiger partial charge is 0.00771 e. The minimum Gasteiger partial charge on any atom is -0.311 e. The molecule has 0 radical (unpaired) electrons. The topological polar surface area (TPSA) is 12.0 Å². The van der Waals surface area contributed by atoms with Crippen LogP contribution < -0.4 is 5.32 Å². The van der Waals surface area contributed by atoms with Crippen LogP contribution in [-0.4, -0.2) is 12.1 Å². The molecule has 0 saturated heterocycles. The van der Waals surface area contributed by atoms with Crippen LogP contribution in [0.1, 0.15) is 79.6 Å². The Bertz CT molecular complexity index is 210. The first-order valence-electron chi connectivity index (χ1n) is 7.69. The van der Waals surface area contributed by atoms with Gasteiger partial charge >= 0.3 is 0 Å². The zero-order chi connectivity index (χ0) is 12.9. The molecule has 1 fully saturated rings. The Balaban J connectivity index is 2.30. The van der Waals surface area contributed by atoms with Gasteiger partial charge in [-0.15, -0.1) is 0 Å². The van der Waals surface area contributed by atoms with E-state index in [2.05, 4.69) is 39.9 Å². The summed E-state index contributed by atoms with van der Waals surface area (Å²) < 4.78 is 0. The molecule has 0 aromatic heterocycles. The van der Waals surface area contributed by atoms with Crippen LogP contribution in [0, 0.1) is 11.3 Å². The molecule has 3 atom stereocenters. The van der Waals surface area contributed by atoms with Gasteiger partial charge in [-0.05, 0) is 43.9 Å². The molecule has 0 heterocycles. The first-order chi connectivity index (χ1) is 7.93. The molecule has 17 heavy (non-hydrogen) atoms. The van der Waals surface area contributed by atoms with E-state index in [9.17, 15) is 0 Å². The first kappa shape index (κ1) is 15.0. The largest absolute Gasteiger partial charge is 0.311 e. The molecule has 0 bridgehead atoms. The normalized spacial score (nSPS) is 30.2. The third-order valence-electron chi connectivity index (χ3n) is 4.15. The third kappa shape index (κ3) is 5.90. The quantitative estimate of drug-likeness (QED) is 0.659. The van der Waals surface area contributed by atoms with Gasteiger partial charge in [0.1, 0.15) is 0 Å². The van der Waals surface area contributed by atoms with Gasteiger partial charge in [0.15, 0.2) is 0 Å². The molecule has 0 aromatic rings. The molecule has 0 spiro atoms. The summed E-state index contributed by atoms with van der Waals surface area (Å²) in [7, 11) is 0. The van der Waals surface area contributed by atoms with Crippen LogP contribution in [0.15, 0.2) is 0 Å². The molecule has 1 heteroatoms. The molecule has 0 aromatic carbocycles. The first-order valence-corrected chi connectivity index (χ1v) is 7.69. The molecule has 1 aliphatic carbocycles. The molecule has 102 valence electrons. The Labute approximate surface area is 109 Å². The Hall–Kier alpha value is -0.0400. The van der Waals surface area contributed by atoms with Crippen molar-refractivity contribution in [2.75, 3.05) is 0 Å².